The highest BCUT2D eigenvalue weighted by atomic mass is 79.9. The molecule has 1 aromatic heterocycles. The van der Waals surface area contributed by atoms with Crippen LogP contribution in [0.15, 0.2) is 124 Å². The standard InChI is InChI=1S/C34H24BrClN4O2S/c35-27-12-17-32(42-20-25-6-3-5-22-4-1-2-7-30(22)25)26(18-27)19-37-40-33(41)24-10-8-23(9-11-24)31-21-43-34(39-31)38-29-15-13-28(36)14-16-29/h1-19,21H,20H2,(H,38,39)(H,40,41)/b37-19-. The fourth-order valence-electron chi connectivity index (χ4n) is 4.46. The summed E-state index contributed by atoms with van der Waals surface area (Å²) in [5, 5.41) is 13.2. The Kier molecular flexibility index (Phi) is 8.79. The molecule has 0 fully saturated rings. The molecule has 6 rings (SSSR count). The molecule has 0 aliphatic carbocycles. The molecule has 212 valence electrons. The van der Waals surface area contributed by atoms with E-state index in [0.717, 1.165) is 43.1 Å². The molecular formula is C34H24BrClN4O2S. The number of aromatic nitrogens is 1. The molecular weight excluding hydrogens is 644 g/mol. The molecule has 0 saturated carbocycles. The van der Waals surface area contributed by atoms with Crippen molar-refractivity contribution >= 4 is 72.6 Å². The molecule has 6 aromatic rings. The van der Waals surface area contributed by atoms with Crippen molar-refractivity contribution in [2.24, 2.45) is 5.10 Å². The van der Waals surface area contributed by atoms with Gasteiger partial charge in [-0.1, -0.05) is 82.1 Å². The lowest BCUT2D eigenvalue weighted by Gasteiger charge is -2.11. The van der Waals surface area contributed by atoms with E-state index >= 15 is 0 Å². The zero-order valence-electron chi connectivity index (χ0n) is 22.6. The second-order valence-corrected chi connectivity index (χ2v) is 11.8. The lowest BCUT2D eigenvalue weighted by atomic mass is 10.1. The minimum atomic E-state index is -0.320. The number of ether oxygens (including phenoxy) is 1. The molecule has 0 unspecified atom stereocenters. The molecule has 5 aromatic carbocycles. The monoisotopic (exact) mass is 666 g/mol. The van der Waals surface area contributed by atoms with Crippen molar-refractivity contribution in [1.82, 2.24) is 10.4 Å². The Morgan fingerprint density at radius 1 is 0.953 bits per heavy atom. The van der Waals surface area contributed by atoms with Gasteiger partial charge >= 0.3 is 0 Å². The highest BCUT2D eigenvalue weighted by molar-refractivity contribution is 9.10. The number of thiazole rings is 1. The summed E-state index contributed by atoms with van der Waals surface area (Å²) in [5.74, 6) is 0.339. The van der Waals surface area contributed by atoms with Gasteiger partial charge in [0.1, 0.15) is 12.4 Å². The minimum Gasteiger partial charge on any atom is -0.488 e. The summed E-state index contributed by atoms with van der Waals surface area (Å²) in [7, 11) is 0. The van der Waals surface area contributed by atoms with E-state index in [-0.39, 0.29) is 5.91 Å². The average Bonchev–Trinajstić information content (AvgIpc) is 3.50. The minimum absolute atomic E-state index is 0.320. The molecule has 9 heteroatoms. The van der Waals surface area contributed by atoms with Crippen molar-refractivity contribution in [3.63, 3.8) is 0 Å². The molecule has 6 nitrogen and oxygen atoms in total. The van der Waals surface area contributed by atoms with Crippen LogP contribution < -0.4 is 15.5 Å². The normalized spacial score (nSPS) is 11.1. The Labute approximate surface area is 266 Å². The Morgan fingerprint density at radius 2 is 1.74 bits per heavy atom. The van der Waals surface area contributed by atoms with Gasteiger partial charge in [-0.3, -0.25) is 4.79 Å². The predicted octanol–water partition coefficient (Wildman–Crippen LogP) is 9.47. The number of nitrogens with one attached hydrogen (secondary N) is 2. The maximum absolute atomic E-state index is 12.8. The average molecular weight is 668 g/mol. The Morgan fingerprint density at radius 3 is 2.58 bits per heavy atom. The second-order valence-electron chi connectivity index (χ2n) is 9.56. The van der Waals surface area contributed by atoms with Gasteiger partial charge in [-0.2, -0.15) is 5.10 Å². The van der Waals surface area contributed by atoms with Crippen LogP contribution in [0.1, 0.15) is 21.5 Å². The number of hydrazone groups is 1. The summed E-state index contributed by atoms with van der Waals surface area (Å²) in [5.41, 5.74) is 7.55. The van der Waals surface area contributed by atoms with E-state index in [2.05, 4.69) is 61.0 Å². The highest BCUT2D eigenvalue weighted by Gasteiger charge is 2.10. The smallest absolute Gasteiger partial charge is 0.271 e. The SMILES string of the molecule is O=C(N/N=C\c1cc(Br)ccc1OCc1cccc2ccccc12)c1ccc(-c2csc(Nc3ccc(Cl)cc3)n2)cc1. The first-order valence-electron chi connectivity index (χ1n) is 13.3. The van der Waals surface area contributed by atoms with Crippen LogP contribution in [0.4, 0.5) is 10.8 Å². The van der Waals surface area contributed by atoms with Crippen LogP contribution in [-0.2, 0) is 6.61 Å². The quantitative estimate of drug-likeness (QED) is 0.119. The Balaban J connectivity index is 1.08. The van der Waals surface area contributed by atoms with Crippen molar-refractivity contribution in [2.75, 3.05) is 5.32 Å². The summed E-state index contributed by atoms with van der Waals surface area (Å²) in [4.78, 5) is 17.5. The fourth-order valence-corrected chi connectivity index (χ4v) is 5.71. The third-order valence-corrected chi connectivity index (χ3v) is 8.15. The van der Waals surface area contributed by atoms with Crippen LogP contribution in [0, 0.1) is 0 Å². The lowest BCUT2D eigenvalue weighted by molar-refractivity contribution is 0.0955. The van der Waals surface area contributed by atoms with Gasteiger partial charge in [0.2, 0.25) is 0 Å². The van der Waals surface area contributed by atoms with E-state index in [1.165, 1.54) is 16.7 Å². The number of amides is 1. The van der Waals surface area contributed by atoms with Gasteiger partial charge in [-0.25, -0.2) is 10.4 Å². The molecule has 0 atom stereocenters. The van der Waals surface area contributed by atoms with E-state index in [0.29, 0.717) is 22.9 Å². The molecule has 43 heavy (non-hydrogen) atoms. The van der Waals surface area contributed by atoms with Crippen molar-refractivity contribution in [1.29, 1.82) is 0 Å². The maximum atomic E-state index is 12.8. The van der Waals surface area contributed by atoms with Crippen LogP contribution in [0.5, 0.6) is 5.75 Å². The van der Waals surface area contributed by atoms with Gasteiger partial charge in [-0.15, -0.1) is 11.3 Å². The molecule has 0 saturated heterocycles. The van der Waals surface area contributed by atoms with Crippen LogP contribution in [-0.4, -0.2) is 17.1 Å². The van der Waals surface area contributed by atoms with Gasteiger partial charge in [0.15, 0.2) is 5.13 Å². The van der Waals surface area contributed by atoms with Gasteiger partial charge in [-0.05, 0) is 70.9 Å². The summed E-state index contributed by atoms with van der Waals surface area (Å²) in [6, 6.07) is 34.8. The van der Waals surface area contributed by atoms with Gasteiger partial charge in [0.05, 0.1) is 11.9 Å². The number of rotatable bonds is 9. The molecule has 0 bridgehead atoms. The Hall–Kier alpha value is -4.50. The van der Waals surface area contributed by atoms with Crippen molar-refractivity contribution in [3.05, 3.63) is 141 Å². The van der Waals surface area contributed by atoms with Gasteiger partial charge in [0.25, 0.3) is 5.91 Å². The van der Waals surface area contributed by atoms with Crippen molar-refractivity contribution < 1.29 is 9.53 Å². The van der Waals surface area contributed by atoms with E-state index in [4.69, 9.17) is 16.3 Å². The number of anilines is 2. The third-order valence-electron chi connectivity index (χ3n) is 6.65. The van der Waals surface area contributed by atoms with Gasteiger partial charge in [0, 0.05) is 37.3 Å². The lowest BCUT2D eigenvalue weighted by Crippen LogP contribution is -2.17. The molecule has 0 aliphatic rings. The first-order valence-corrected chi connectivity index (χ1v) is 15.4. The topological polar surface area (TPSA) is 75.6 Å². The number of fused-ring (bicyclic) bond motifs is 1. The number of hydrogen-bond acceptors (Lipinski definition) is 6. The van der Waals surface area contributed by atoms with Gasteiger partial charge < -0.3 is 10.1 Å². The van der Waals surface area contributed by atoms with Crippen LogP contribution in [0.2, 0.25) is 5.02 Å². The largest absolute Gasteiger partial charge is 0.488 e. The molecule has 1 heterocycles. The molecule has 0 aliphatic heterocycles. The number of hydrogen-bond donors (Lipinski definition) is 2. The number of nitrogens with zero attached hydrogens (tertiary/aromatic N) is 2. The number of carbonyl (C=O) groups excluding carboxylic acids is 1. The zero-order chi connectivity index (χ0) is 29.6. The molecule has 0 radical (unpaired) electrons. The van der Waals surface area contributed by atoms with Crippen molar-refractivity contribution in [3.8, 4) is 17.0 Å². The van der Waals surface area contributed by atoms with Crippen LogP contribution in [0.3, 0.4) is 0 Å². The van der Waals surface area contributed by atoms with Crippen LogP contribution >= 0.6 is 38.9 Å². The number of benzene rings is 5. The van der Waals surface area contributed by atoms with E-state index in [1.807, 2.05) is 78.2 Å². The Bertz CT molecular complexity index is 1920. The first kappa shape index (κ1) is 28.6. The maximum Gasteiger partial charge on any atom is 0.271 e. The first-order chi connectivity index (χ1) is 21.0. The van der Waals surface area contributed by atoms with E-state index in [1.54, 1.807) is 18.3 Å². The summed E-state index contributed by atoms with van der Waals surface area (Å²) < 4.78 is 7.06. The summed E-state index contributed by atoms with van der Waals surface area (Å²) in [6.45, 7) is 0.403. The summed E-state index contributed by atoms with van der Waals surface area (Å²) >= 11 is 11.0. The predicted molar refractivity (Wildman–Crippen MR) is 180 cm³/mol. The molecule has 1 amide bonds. The van der Waals surface area contributed by atoms with Crippen molar-refractivity contribution in [2.45, 2.75) is 6.61 Å². The number of carbonyl (C=O) groups is 1. The van der Waals surface area contributed by atoms with E-state index in [9.17, 15) is 4.79 Å². The summed E-state index contributed by atoms with van der Waals surface area (Å²) in [6.07, 6.45) is 1.58. The third kappa shape index (κ3) is 7.11. The molecule has 2 N–H and O–H groups in total. The zero-order valence-corrected chi connectivity index (χ0v) is 25.8. The van der Waals surface area contributed by atoms with E-state index < -0.39 is 0 Å². The fraction of sp³-hybridized carbons (Fsp3) is 0.0294. The second kappa shape index (κ2) is 13.2. The van der Waals surface area contributed by atoms with Crippen LogP contribution in [0.25, 0.3) is 22.0 Å². The molecule has 0 spiro atoms. The highest BCUT2D eigenvalue weighted by Crippen LogP contribution is 2.28. The number of halogens is 2.